The van der Waals surface area contributed by atoms with Crippen molar-refractivity contribution in [2.45, 2.75) is 12.3 Å². The number of halogens is 1. The number of hydrogen-bond acceptors (Lipinski definition) is 4. The molecule has 0 atom stereocenters. The van der Waals surface area contributed by atoms with Crippen molar-refractivity contribution in [3.8, 4) is 0 Å². The fourth-order valence-electron chi connectivity index (χ4n) is 2.50. The zero-order chi connectivity index (χ0) is 18.1. The average Bonchev–Trinajstić information content (AvgIpc) is 3.03. The van der Waals surface area contributed by atoms with Crippen molar-refractivity contribution in [1.82, 2.24) is 9.13 Å². The van der Waals surface area contributed by atoms with E-state index in [9.17, 15) is 9.59 Å². The van der Waals surface area contributed by atoms with Crippen LogP contribution in [0.2, 0.25) is 0 Å². The highest BCUT2D eigenvalue weighted by atomic mass is 79.9. The van der Waals surface area contributed by atoms with E-state index in [4.69, 9.17) is 8.83 Å². The molecule has 0 aliphatic heterocycles. The van der Waals surface area contributed by atoms with Crippen LogP contribution in [0, 0.1) is 6.92 Å². The van der Waals surface area contributed by atoms with E-state index in [1.165, 1.54) is 9.13 Å². The number of oxazole rings is 2. The summed E-state index contributed by atoms with van der Waals surface area (Å²) in [6.45, 7) is 1.96. The summed E-state index contributed by atoms with van der Waals surface area (Å²) in [5, 5.41) is 0.765. The topological polar surface area (TPSA) is 70.3 Å². The van der Waals surface area contributed by atoms with Gasteiger partial charge in [-0.1, -0.05) is 28.1 Å². The smallest absolute Gasteiger partial charge is 0.408 e. The van der Waals surface area contributed by atoms with Gasteiger partial charge in [0, 0.05) is 19.4 Å². The molecular formula is C18H17BrN2O4. The Morgan fingerprint density at radius 3 is 1.96 bits per heavy atom. The van der Waals surface area contributed by atoms with Gasteiger partial charge in [0.1, 0.15) is 0 Å². The number of hydrogen-bond donors (Lipinski definition) is 0. The highest BCUT2D eigenvalue weighted by Gasteiger charge is 2.05. The second-order valence-corrected chi connectivity index (χ2v) is 6.32. The zero-order valence-corrected chi connectivity index (χ0v) is 15.7. The van der Waals surface area contributed by atoms with Crippen molar-refractivity contribution in [2.75, 3.05) is 0 Å². The molecule has 4 rings (SSSR count). The summed E-state index contributed by atoms with van der Waals surface area (Å²) in [6, 6.07) is 11.4. The van der Waals surface area contributed by atoms with E-state index in [0.717, 1.165) is 27.5 Å². The number of nitrogens with zero attached hydrogens (tertiary/aromatic N) is 2. The standard InChI is InChI=1S/C9H8BrNO2.C9H9NO2/c1-11-7-3-2-6(5-10)4-8(7)13-9(11)12;1-6-3-4-7-8(5-6)12-9(11)10(7)2/h2-4H,5H2,1H3;3-5H,1-2H3. The molecule has 0 aliphatic rings. The molecule has 7 heteroatoms. The minimum absolute atomic E-state index is 0.310. The fraction of sp³-hybridized carbons (Fsp3) is 0.222. The average molecular weight is 405 g/mol. The molecule has 0 radical (unpaired) electrons. The third-order valence-electron chi connectivity index (χ3n) is 3.96. The summed E-state index contributed by atoms with van der Waals surface area (Å²) in [5.41, 5.74) is 5.16. The van der Waals surface area contributed by atoms with Crippen molar-refractivity contribution in [3.05, 3.63) is 68.6 Å². The maximum Gasteiger partial charge on any atom is 0.419 e. The number of alkyl halides is 1. The quantitative estimate of drug-likeness (QED) is 0.455. The monoisotopic (exact) mass is 404 g/mol. The Balaban J connectivity index is 0.000000146. The summed E-state index contributed by atoms with van der Waals surface area (Å²) < 4.78 is 13.0. The maximum atomic E-state index is 11.1. The number of rotatable bonds is 1. The van der Waals surface area contributed by atoms with E-state index in [-0.39, 0.29) is 11.5 Å². The zero-order valence-electron chi connectivity index (χ0n) is 14.1. The lowest BCUT2D eigenvalue weighted by Crippen LogP contribution is -2.08. The first-order valence-electron chi connectivity index (χ1n) is 7.61. The molecule has 0 saturated carbocycles. The first kappa shape index (κ1) is 17.3. The molecule has 0 fully saturated rings. The van der Waals surface area contributed by atoms with E-state index < -0.39 is 0 Å². The number of aryl methyl sites for hydroxylation is 3. The molecule has 0 unspecified atom stereocenters. The van der Waals surface area contributed by atoms with Crippen LogP contribution in [0.4, 0.5) is 0 Å². The molecule has 130 valence electrons. The molecule has 2 aromatic heterocycles. The first-order valence-corrected chi connectivity index (χ1v) is 8.73. The summed E-state index contributed by atoms with van der Waals surface area (Å²) in [6.07, 6.45) is 0. The summed E-state index contributed by atoms with van der Waals surface area (Å²) in [4.78, 5) is 22.2. The van der Waals surface area contributed by atoms with Crippen molar-refractivity contribution in [2.24, 2.45) is 14.1 Å². The van der Waals surface area contributed by atoms with Gasteiger partial charge in [-0.3, -0.25) is 9.13 Å². The van der Waals surface area contributed by atoms with Crippen LogP contribution >= 0.6 is 15.9 Å². The summed E-state index contributed by atoms with van der Waals surface area (Å²) >= 11 is 3.34. The minimum atomic E-state index is -0.318. The van der Waals surface area contributed by atoms with Gasteiger partial charge in [0.25, 0.3) is 0 Å². The summed E-state index contributed by atoms with van der Waals surface area (Å²) in [5.74, 6) is -0.627. The SMILES string of the molecule is Cc1ccc2c(c1)oc(=O)n2C.Cn1c(=O)oc2cc(CBr)ccc21. The molecule has 2 heterocycles. The Bertz CT molecular complexity index is 1160. The molecule has 0 aliphatic carbocycles. The lowest BCUT2D eigenvalue weighted by Gasteiger charge is -1.94. The van der Waals surface area contributed by atoms with Gasteiger partial charge < -0.3 is 8.83 Å². The molecule has 6 nitrogen and oxygen atoms in total. The van der Waals surface area contributed by atoms with Crippen molar-refractivity contribution in [1.29, 1.82) is 0 Å². The van der Waals surface area contributed by atoms with Crippen LogP contribution in [0.3, 0.4) is 0 Å². The Morgan fingerprint density at radius 1 is 0.880 bits per heavy atom. The molecule has 2 aromatic carbocycles. The van der Waals surface area contributed by atoms with Gasteiger partial charge in [-0.05, 0) is 42.3 Å². The van der Waals surface area contributed by atoms with E-state index in [2.05, 4.69) is 15.9 Å². The van der Waals surface area contributed by atoms with Gasteiger partial charge in [-0.25, -0.2) is 9.59 Å². The predicted octanol–water partition coefficient (Wildman–Crippen LogP) is 3.47. The van der Waals surface area contributed by atoms with Crippen LogP contribution in [0.25, 0.3) is 22.2 Å². The van der Waals surface area contributed by atoms with Crippen LogP contribution < -0.4 is 11.5 Å². The lowest BCUT2D eigenvalue weighted by atomic mass is 10.2. The maximum absolute atomic E-state index is 11.1. The molecule has 0 bridgehead atoms. The molecule has 0 saturated heterocycles. The molecular weight excluding hydrogens is 388 g/mol. The van der Waals surface area contributed by atoms with E-state index in [0.29, 0.717) is 11.2 Å². The highest BCUT2D eigenvalue weighted by molar-refractivity contribution is 9.08. The highest BCUT2D eigenvalue weighted by Crippen LogP contribution is 2.16. The van der Waals surface area contributed by atoms with Crippen LogP contribution in [0.15, 0.2) is 54.8 Å². The first-order chi connectivity index (χ1) is 11.9. The Morgan fingerprint density at radius 2 is 1.40 bits per heavy atom. The molecule has 0 amide bonds. The largest absolute Gasteiger partial charge is 0.419 e. The minimum Gasteiger partial charge on any atom is -0.408 e. The van der Waals surface area contributed by atoms with E-state index >= 15 is 0 Å². The third kappa shape index (κ3) is 3.32. The Labute approximate surface area is 151 Å². The van der Waals surface area contributed by atoms with Gasteiger partial charge in [-0.2, -0.15) is 0 Å². The van der Waals surface area contributed by atoms with Crippen LogP contribution in [-0.2, 0) is 19.4 Å². The molecule has 0 spiro atoms. The molecule has 0 N–H and O–H groups in total. The van der Waals surface area contributed by atoms with Gasteiger partial charge >= 0.3 is 11.5 Å². The second kappa shape index (κ2) is 6.76. The van der Waals surface area contributed by atoms with E-state index in [1.807, 2.05) is 43.3 Å². The van der Waals surface area contributed by atoms with Crippen LogP contribution in [0.1, 0.15) is 11.1 Å². The van der Waals surface area contributed by atoms with Crippen LogP contribution in [-0.4, -0.2) is 9.13 Å². The van der Waals surface area contributed by atoms with Crippen molar-refractivity contribution in [3.63, 3.8) is 0 Å². The van der Waals surface area contributed by atoms with Gasteiger partial charge in [0.05, 0.1) is 11.0 Å². The lowest BCUT2D eigenvalue weighted by molar-refractivity contribution is 0.527. The van der Waals surface area contributed by atoms with Crippen molar-refractivity contribution < 1.29 is 8.83 Å². The summed E-state index contributed by atoms with van der Waals surface area (Å²) in [7, 11) is 3.39. The van der Waals surface area contributed by atoms with Gasteiger partial charge in [0.15, 0.2) is 11.2 Å². The Hall–Kier alpha value is -2.54. The number of fused-ring (bicyclic) bond motifs is 2. The molecule has 4 aromatic rings. The van der Waals surface area contributed by atoms with Gasteiger partial charge in [0.2, 0.25) is 0 Å². The van der Waals surface area contributed by atoms with E-state index in [1.54, 1.807) is 14.1 Å². The van der Waals surface area contributed by atoms with Crippen LogP contribution in [0.5, 0.6) is 0 Å². The molecule has 25 heavy (non-hydrogen) atoms. The third-order valence-corrected chi connectivity index (χ3v) is 4.61. The van der Waals surface area contributed by atoms with Gasteiger partial charge in [-0.15, -0.1) is 0 Å². The number of benzene rings is 2. The van der Waals surface area contributed by atoms with Crippen molar-refractivity contribution >= 4 is 38.1 Å². The normalized spacial score (nSPS) is 10.9. The predicted molar refractivity (Wildman–Crippen MR) is 100 cm³/mol. The Kier molecular flexibility index (Phi) is 4.67. The second-order valence-electron chi connectivity index (χ2n) is 5.76. The number of aromatic nitrogens is 2. The fourth-order valence-corrected chi connectivity index (χ4v) is 2.85.